The SMILES string of the molecule is CCc1sc(NC(=O)[C@@H]2CCCC[C@H]2C(=O)O)nc1-c1ccccc1. The molecule has 1 heterocycles. The first-order valence-corrected chi connectivity index (χ1v) is 9.50. The van der Waals surface area contributed by atoms with Crippen molar-refractivity contribution in [2.24, 2.45) is 11.8 Å². The van der Waals surface area contributed by atoms with Crippen molar-refractivity contribution in [3.8, 4) is 11.3 Å². The summed E-state index contributed by atoms with van der Waals surface area (Å²) in [5, 5.41) is 12.8. The molecule has 1 aliphatic rings. The van der Waals surface area contributed by atoms with Crippen LogP contribution in [-0.2, 0) is 16.0 Å². The summed E-state index contributed by atoms with van der Waals surface area (Å²) in [7, 11) is 0. The number of carbonyl (C=O) groups is 2. The molecule has 0 spiro atoms. The van der Waals surface area contributed by atoms with Crippen LogP contribution >= 0.6 is 11.3 Å². The quantitative estimate of drug-likeness (QED) is 0.839. The summed E-state index contributed by atoms with van der Waals surface area (Å²) < 4.78 is 0. The maximum atomic E-state index is 12.6. The Balaban J connectivity index is 1.80. The van der Waals surface area contributed by atoms with Gasteiger partial charge in [-0.15, -0.1) is 11.3 Å². The zero-order valence-corrected chi connectivity index (χ0v) is 15.0. The van der Waals surface area contributed by atoms with Crippen LogP contribution in [0.25, 0.3) is 11.3 Å². The monoisotopic (exact) mass is 358 g/mol. The minimum Gasteiger partial charge on any atom is -0.481 e. The van der Waals surface area contributed by atoms with E-state index in [0.29, 0.717) is 18.0 Å². The predicted molar refractivity (Wildman–Crippen MR) is 98.6 cm³/mol. The average molecular weight is 358 g/mol. The summed E-state index contributed by atoms with van der Waals surface area (Å²) >= 11 is 1.47. The Morgan fingerprint density at radius 2 is 1.88 bits per heavy atom. The lowest BCUT2D eigenvalue weighted by molar-refractivity contribution is -0.147. The fourth-order valence-electron chi connectivity index (χ4n) is 3.40. The molecular formula is C19H22N2O3S. The number of amides is 1. The number of carbonyl (C=O) groups excluding carboxylic acids is 1. The van der Waals surface area contributed by atoms with Gasteiger partial charge in [0.1, 0.15) is 0 Å². The largest absolute Gasteiger partial charge is 0.481 e. The zero-order chi connectivity index (χ0) is 17.8. The van der Waals surface area contributed by atoms with Crippen molar-refractivity contribution in [3.63, 3.8) is 0 Å². The molecule has 25 heavy (non-hydrogen) atoms. The van der Waals surface area contributed by atoms with E-state index in [-0.39, 0.29) is 5.91 Å². The number of rotatable bonds is 5. The highest BCUT2D eigenvalue weighted by Crippen LogP contribution is 2.34. The van der Waals surface area contributed by atoms with E-state index < -0.39 is 17.8 Å². The van der Waals surface area contributed by atoms with E-state index in [1.165, 1.54) is 11.3 Å². The number of carboxylic acids is 1. The molecule has 2 aromatic rings. The van der Waals surface area contributed by atoms with Crippen LogP contribution in [0.1, 0.15) is 37.5 Å². The van der Waals surface area contributed by atoms with E-state index in [1.807, 2.05) is 30.3 Å². The molecule has 0 aliphatic heterocycles. The highest BCUT2D eigenvalue weighted by atomic mass is 32.1. The van der Waals surface area contributed by atoms with Gasteiger partial charge < -0.3 is 10.4 Å². The van der Waals surface area contributed by atoms with Gasteiger partial charge in [0, 0.05) is 10.4 Å². The Bertz CT molecular complexity index is 757. The van der Waals surface area contributed by atoms with Gasteiger partial charge in [0.05, 0.1) is 17.5 Å². The maximum Gasteiger partial charge on any atom is 0.307 e. The van der Waals surface area contributed by atoms with Crippen molar-refractivity contribution in [3.05, 3.63) is 35.2 Å². The summed E-state index contributed by atoms with van der Waals surface area (Å²) in [5.74, 6) is -2.16. The van der Waals surface area contributed by atoms with Crippen molar-refractivity contribution >= 4 is 28.3 Å². The summed E-state index contributed by atoms with van der Waals surface area (Å²) in [6.45, 7) is 2.06. The molecule has 2 atom stereocenters. The lowest BCUT2D eigenvalue weighted by atomic mass is 9.79. The number of hydrogen-bond acceptors (Lipinski definition) is 4. The van der Waals surface area contributed by atoms with Crippen LogP contribution in [0.5, 0.6) is 0 Å². The first-order valence-electron chi connectivity index (χ1n) is 8.69. The molecule has 1 saturated carbocycles. The van der Waals surface area contributed by atoms with Gasteiger partial charge in [-0.3, -0.25) is 9.59 Å². The number of benzene rings is 1. The molecule has 3 rings (SSSR count). The molecule has 0 unspecified atom stereocenters. The van der Waals surface area contributed by atoms with Gasteiger partial charge in [-0.25, -0.2) is 4.98 Å². The van der Waals surface area contributed by atoms with Gasteiger partial charge in [-0.2, -0.15) is 0 Å². The first-order chi connectivity index (χ1) is 12.1. The van der Waals surface area contributed by atoms with Crippen molar-refractivity contribution in [1.29, 1.82) is 0 Å². The van der Waals surface area contributed by atoms with E-state index in [2.05, 4.69) is 17.2 Å². The minimum absolute atomic E-state index is 0.219. The van der Waals surface area contributed by atoms with Gasteiger partial charge >= 0.3 is 5.97 Å². The molecule has 1 aromatic heterocycles. The Morgan fingerprint density at radius 3 is 2.52 bits per heavy atom. The Labute approximate surface area is 151 Å². The number of anilines is 1. The van der Waals surface area contributed by atoms with E-state index >= 15 is 0 Å². The van der Waals surface area contributed by atoms with E-state index in [4.69, 9.17) is 0 Å². The van der Waals surface area contributed by atoms with Crippen LogP contribution in [0.4, 0.5) is 5.13 Å². The standard InChI is InChI=1S/C19H22N2O3S/c1-2-15-16(12-8-4-3-5-9-12)20-19(25-15)21-17(22)13-10-6-7-11-14(13)18(23)24/h3-5,8-9,13-14H,2,6-7,10-11H2,1H3,(H,23,24)(H,20,21,22)/t13-,14-/m1/s1. The second-order valence-corrected chi connectivity index (χ2v) is 7.42. The Morgan fingerprint density at radius 1 is 1.20 bits per heavy atom. The van der Waals surface area contributed by atoms with Crippen LogP contribution in [0, 0.1) is 11.8 Å². The molecule has 0 saturated heterocycles. The number of carboxylic acid groups (broad SMARTS) is 1. The fraction of sp³-hybridized carbons (Fsp3) is 0.421. The second-order valence-electron chi connectivity index (χ2n) is 6.34. The maximum absolute atomic E-state index is 12.6. The van der Waals surface area contributed by atoms with Crippen LogP contribution in [0.2, 0.25) is 0 Å². The van der Waals surface area contributed by atoms with E-state index in [9.17, 15) is 14.7 Å². The molecule has 2 N–H and O–H groups in total. The third kappa shape index (κ3) is 3.90. The molecule has 1 fully saturated rings. The topological polar surface area (TPSA) is 79.3 Å². The number of nitrogens with zero attached hydrogens (tertiary/aromatic N) is 1. The van der Waals surface area contributed by atoms with Crippen molar-refractivity contribution < 1.29 is 14.7 Å². The van der Waals surface area contributed by atoms with Crippen molar-refractivity contribution in [2.75, 3.05) is 5.32 Å². The first kappa shape index (κ1) is 17.6. The molecule has 5 nitrogen and oxygen atoms in total. The second kappa shape index (κ2) is 7.78. The third-order valence-electron chi connectivity index (χ3n) is 4.72. The lowest BCUT2D eigenvalue weighted by Crippen LogP contribution is -2.36. The zero-order valence-electron chi connectivity index (χ0n) is 14.2. The number of hydrogen-bond donors (Lipinski definition) is 2. The fourth-order valence-corrected chi connectivity index (χ4v) is 4.33. The van der Waals surface area contributed by atoms with Gasteiger partial charge in [-0.1, -0.05) is 50.1 Å². The molecule has 6 heteroatoms. The van der Waals surface area contributed by atoms with Crippen molar-refractivity contribution in [1.82, 2.24) is 4.98 Å². The minimum atomic E-state index is -0.877. The Kier molecular flexibility index (Phi) is 5.48. The lowest BCUT2D eigenvalue weighted by Gasteiger charge is -2.26. The highest BCUT2D eigenvalue weighted by molar-refractivity contribution is 7.16. The molecule has 1 aliphatic carbocycles. The van der Waals surface area contributed by atoms with Gasteiger partial charge in [0.25, 0.3) is 0 Å². The molecular weight excluding hydrogens is 336 g/mol. The number of aliphatic carboxylic acids is 1. The van der Waals surface area contributed by atoms with Crippen molar-refractivity contribution in [2.45, 2.75) is 39.0 Å². The van der Waals surface area contributed by atoms with Crippen LogP contribution in [0.3, 0.4) is 0 Å². The summed E-state index contributed by atoms with van der Waals surface area (Å²) in [6, 6.07) is 9.89. The summed E-state index contributed by atoms with van der Waals surface area (Å²) in [6.07, 6.45) is 3.80. The van der Waals surface area contributed by atoms with Crippen LogP contribution < -0.4 is 5.32 Å². The van der Waals surface area contributed by atoms with E-state index in [1.54, 1.807) is 0 Å². The number of aryl methyl sites for hydroxylation is 1. The molecule has 0 bridgehead atoms. The summed E-state index contributed by atoms with van der Waals surface area (Å²) in [4.78, 5) is 29.7. The highest BCUT2D eigenvalue weighted by Gasteiger charge is 2.36. The normalized spacial score (nSPS) is 20.2. The van der Waals surface area contributed by atoms with Gasteiger partial charge in [0.2, 0.25) is 5.91 Å². The molecule has 0 radical (unpaired) electrons. The number of thiazole rings is 1. The summed E-state index contributed by atoms with van der Waals surface area (Å²) in [5.41, 5.74) is 1.92. The van der Waals surface area contributed by atoms with Gasteiger partial charge in [-0.05, 0) is 19.3 Å². The average Bonchev–Trinajstić information content (AvgIpc) is 3.05. The third-order valence-corrected chi connectivity index (χ3v) is 5.83. The smallest absolute Gasteiger partial charge is 0.307 e. The molecule has 1 amide bonds. The van der Waals surface area contributed by atoms with Crippen LogP contribution in [0.15, 0.2) is 30.3 Å². The Hall–Kier alpha value is -2.21. The number of aromatic nitrogens is 1. The van der Waals surface area contributed by atoms with Gasteiger partial charge in [0.15, 0.2) is 5.13 Å². The predicted octanol–water partition coefficient (Wildman–Crippen LogP) is 4.20. The van der Waals surface area contributed by atoms with Crippen LogP contribution in [-0.4, -0.2) is 22.0 Å². The molecule has 132 valence electrons. The number of nitrogens with one attached hydrogen (secondary N) is 1. The molecule has 1 aromatic carbocycles. The van der Waals surface area contributed by atoms with E-state index in [0.717, 1.165) is 35.4 Å².